The van der Waals surface area contributed by atoms with Crippen molar-refractivity contribution in [1.29, 1.82) is 0 Å². The van der Waals surface area contributed by atoms with Crippen LogP contribution in [0.25, 0.3) is 0 Å². The zero-order valence-corrected chi connectivity index (χ0v) is 58.0. The summed E-state index contributed by atoms with van der Waals surface area (Å²) in [4.78, 5) is 50.6. The molecule has 0 spiro atoms. The van der Waals surface area contributed by atoms with E-state index in [-0.39, 0.29) is 63.9 Å². The Morgan fingerprint density at radius 3 is 0.696 bits per heavy atom. The van der Waals surface area contributed by atoms with E-state index in [2.05, 4.69) is 245 Å². The summed E-state index contributed by atoms with van der Waals surface area (Å²) in [7, 11) is 13.3. The van der Waals surface area contributed by atoms with Gasteiger partial charge in [0.15, 0.2) is 0 Å². The maximum atomic E-state index is 12.4. The lowest BCUT2D eigenvalue weighted by molar-refractivity contribution is -0.169. The van der Waals surface area contributed by atoms with E-state index in [9.17, 15) is 14.4 Å². The number of hydrogen-bond donors (Lipinski definition) is 0. The van der Waals surface area contributed by atoms with Gasteiger partial charge >= 0.3 is 17.9 Å². The summed E-state index contributed by atoms with van der Waals surface area (Å²) in [5, 5.41) is 0. The van der Waals surface area contributed by atoms with E-state index < -0.39 is 11.9 Å². The lowest BCUT2D eigenvalue weighted by Gasteiger charge is -2.56. The molecule has 0 aliphatic carbocycles. The molecular formula is C67H130N6O6. The van der Waals surface area contributed by atoms with Crippen molar-refractivity contribution in [3.05, 3.63) is 0 Å². The smallest absolute Gasteiger partial charge is 0.317 e. The van der Waals surface area contributed by atoms with Crippen molar-refractivity contribution in [2.75, 3.05) is 42.3 Å². The minimum absolute atomic E-state index is 0.0590. The highest BCUT2D eigenvalue weighted by Gasteiger charge is 2.50. The highest BCUT2D eigenvalue weighted by Crippen LogP contribution is 2.48. The van der Waals surface area contributed by atoms with Gasteiger partial charge in [0.1, 0.15) is 24.7 Å². The van der Waals surface area contributed by atoms with Crippen molar-refractivity contribution in [2.45, 2.75) is 355 Å². The van der Waals surface area contributed by atoms with Crippen LogP contribution in [-0.2, 0) is 28.6 Å². The van der Waals surface area contributed by atoms with Crippen molar-refractivity contribution < 1.29 is 28.6 Å². The number of ether oxygens (including phenoxy) is 3. The molecule has 0 radical (unpaired) electrons. The molecule has 6 aliphatic rings. The maximum absolute atomic E-state index is 12.4. The largest absolute Gasteiger partial charge is 0.462 e. The van der Waals surface area contributed by atoms with Crippen molar-refractivity contribution in [2.24, 2.45) is 17.8 Å². The summed E-state index contributed by atoms with van der Waals surface area (Å²) in [6.07, 6.45) is 13.7. The molecule has 0 N–H and O–H groups in total. The molecule has 6 saturated heterocycles. The third-order valence-electron chi connectivity index (χ3n) is 22.0. The number of carbonyl (C=O) groups is 3. The van der Waals surface area contributed by atoms with Gasteiger partial charge in [-0.1, -0.05) is 6.92 Å². The SMILES string of the molecule is CC(=O)OC1CC(C)(C)N(C)C(C)(C)C1.CC1CC(C)(C)N(C)C(C)(C)C1.CN1C(C)(C)CC(CC2CC(C)(C)N(C)C(C)(C)C2)CC1(C)C.CN1C(C)(C)CC(OC(=O)CC(=O)OC2CC(C)(C)N(C)C(C)(C)C2)CC1(C)C. The molecule has 0 atom stereocenters. The Hall–Kier alpha value is -1.83. The molecule has 0 bridgehead atoms. The van der Waals surface area contributed by atoms with E-state index in [1.165, 1.54) is 51.9 Å². The number of hydrogen-bond acceptors (Lipinski definition) is 12. The lowest BCUT2D eigenvalue weighted by atomic mass is 9.66. The van der Waals surface area contributed by atoms with Crippen molar-refractivity contribution in [1.82, 2.24) is 29.4 Å². The molecule has 464 valence electrons. The van der Waals surface area contributed by atoms with Gasteiger partial charge in [-0.25, -0.2) is 0 Å². The molecule has 0 aromatic heterocycles. The fraction of sp³-hybridized carbons (Fsp3) is 0.955. The van der Waals surface area contributed by atoms with Gasteiger partial charge < -0.3 is 14.2 Å². The standard InChI is InChI=1S/C23H42N2O4.C21H42N2.C12H23NO2.C11H23N/c1-20(2)12-16(13-21(3,4)24(20)9)28-18(26)11-19(27)29-17-14-22(5,6)25(10)23(7,8)15-17;1-18(2)12-16(13-19(3,4)22(18)9)11-17-14-20(5,6)23(10)21(7,8)15-17;1-9(14)15-10-7-11(2,3)13(6)12(4,5)8-10;1-9-7-10(2,3)12(6)11(4,5)8-9/h16-17H,11-15H2,1-10H3;16-17H,11-15H2,1-10H3;10H,7-8H2,1-6H3;9H,7-8H2,1-6H3. The molecule has 6 aliphatic heterocycles. The van der Waals surface area contributed by atoms with Crippen LogP contribution >= 0.6 is 0 Å². The van der Waals surface area contributed by atoms with Crippen LogP contribution in [0.4, 0.5) is 0 Å². The van der Waals surface area contributed by atoms with Gasteiger partial charge in [-0.2, -0.15) is 0 Å². The second-order valence-electron chi connectivity index (χ2n) is 34.3. The second kappa shape index (κ2) is 24.6. The first-order chi connectivity index (χ1) is 35.0. The van der Waals surface area contributed by atoms with E-state index in [0.717, 1.165) is 56.3 Å². The summed E-state index contributed by atoms with van der Waals surface area (Å²) >= 11 is 0. The highest BCUT2D eigenvalue weighted by atomic mass is 16.6. The van der Waals surface area contributed by atoms with E-state index in [1.54, 1.807) is 0 Å². The molecule has 79 heavy (non-hydrogen) atoms. The average molecular weight is 1120 g/mol. The zero-order chi connectivity index (χ0) is 61.7. The molecule has 0 amide bonds. The van der Waals surface area contributed by atoms with E-state index in [0.29, 0.717) is 33.2 Å². The third kappa shape index (κ3) is 18.6. The Labute approximate surface area is 488 Å². The predicted molar refractivity (Wildman–Crippen MR) is 332 cm³/mol. The van der Waals surface area contributed by atoms with Crippen LogP contribution in [0.15, 0.2) is 0 Å². The first-order valence-electron chi connectivity index (χ1n) is 31.0. The van der Waals surface area contributed by atoms with Crippen molar-refractivity contribution in [3.8, 4) is 0 Å². The Bertz CT molecular complexity index is 1850. The van der Waals surface area contributed by atoms with Crippen LogP contribution in [0.2, 0.25) is 0 Å². The summed E-state index contributed by atoms with van der Waals surface area (Å²) < 4.78 is 16.7. The molecule has 6 fully saturated rings. The minimum Gasteiger partial charge on any atom is -0.462 e. The summed E-state index contributed by atoms with van der Waals surface area (Å²) in [5.74, 6) is 1.47. The number of rotatable bonds is 7. The lowest BCUT2D eigenvalue weighted by Crippen LogP contribution is -2.60. The van der Waals surface area contributed by atoms with E-state index in [4.69, 9.17) is 14.2 Å². The van der Waals surface area contributed by atoms with Gasteiger partial charge in [-0.3, -0.25) is 43.8 Å². The Kier molecular flexibility index (Phi) is 22.3. The molecular weight excluding hydrogens is 985 g/mol. The van der Waals surface area contributed by atoms with Crippen LogP contribution in [0, 0.1) is 17.8 Å². The van der Waals surface area contributed by atoms with Gasteiger partial charge in [-0.05, 0) is 271 Å². The zero-order valence-electron chi connectivity index (χ0n) is 58.0. The number of carbonyl (C=O) groups excluding carboxylic acids is 3. The molecule has 0 aromatic carbocycles. The van der Waals surface area contributed by atoms with Crippen molar-refractivity contribution >= 4 is 17.9 Å². The number of likely N-dealkylation sites (tertiary alicyclic amines) is 6. The predicted octanol–water partition coefficient (Wildman–Crippen LogP) is 14.0. The Morgan fingerprint density at radius 2 is 0.494 bits per heavy atom. The average Bonchev–Trinajstić information content (AvgIpc) is 3.20. The molecule has 0 unspecified atom stereocenters. The van der Waals surface area contributed by atoms with Gasteiger partial charge in [0.2, 0.25) is 0 Å². The molecule has 0 saturated carbocycles. The Morgan fingerprint density at radius 1 is 0.316 bits per heavy atom. The number of nitrogens with zero attached hydrogens (tertiary/aromatic N) is 6. The van der Waals surface area contributed by atoms with Gasteiger partial charge in [0.05, 0.1) is 0 Å². The normalized spacial score (nSPS) is 29.0. The van der Waals surface area contributed by atoms with Crippen LogP contribution in [0.5, 0.6) is 0 Å². The van der Waals surface area contributed by atoms with E-state index >= 15 is 0 Å². The maximum Gasteiger partial charge on any atom is 0.317 e. The first kappa shape index (κ1) is 71.4. The topological polar surface area (TPSA) is 98.3 Å². The fourth-order valence-electron chi connectivity index (χ4n) is 16.7. The number of piperidine rings is 6. The monoisotopic (exact) mass is 1120 g/mol. The highest BCUT2D eigenvalue weighted by molar-refractivity contribution is 5.91. The van der Waals surface area contributed by atoms with Gasteiger partial charge in [0, 0.05) is 112 Å². The number of esters is 3. The van der Waals surface area contributed by atoms with Crippen LogP contribution in [-0.4, -0.2) is 174 Å². The summed E-state index contributed by atoms with van der Waals surface area (Å²) in [6, 6.07) is 0. The third-order valence-corrected chi connectivity index (χ3v) is 22.0. The van der Waals surface area contributed by atoms with Crippen LogP contribution in [0.1, 0.15) is 270 Å². The molecule has 12 heteroatoms. The van der Waals surface area contributed by atoms with Crippen LogP contribution < -0.4 is 0 Å². The Balaban J connectivity index is 0.000000292. The first-order valence-corrected chi connectivity index (χ1v) is 31.0. The quantitative estimate of drug-likeness (QED) is 0.138. The summed E-state index contributed by atoms with van der Waals surface area (Å²) in [5.41, 5.74) is 1.93. The second-order valence-corrected chi connectivity index (χ2v) is 34.3. The summed E-state index contributed by atoms with van der Waals surface area (Å²) in [6.45, 7) is 58.8. The van der Waals surface area contributed by atoms with E-state index in [1.807, 2.05) is 0 Å². The molecule has 0 aromatic rings. The molecule has 6 rings (SSSR count). The van der Waals surface area contributed by atoms with Crippen molar-refractivity contribution in [3.63, 3.8) is 0 Å². The fourth-order valence-corrected chi connectivity index (χ4v) is 16.7. The van der Waals surface area contributed by atoms with Gasteiger partial charge in [0.25, 0.3) is 0 Å². The minimum atomic E-state index is -0.484. The van der Waals surface area contributed by atoms with Gasteiger partial charge in [-0.15, -0.1) is 0 Å². The molecule has 12 nitrogen and oxygen atoms in total. The molecule has 6 heterocycles. The van der Waals surface area contributed by atoms with Crippen LogP contribution in [0.3, 0.4) is 0 Å².